The van der Waals surface area contributed by atoms with Crippen LogP contribution in [0.4, 0.5) is 5.69 Å². The molecule has 0 saturated carbocycles. The molecule has 1 aromatic carbocycles. The van der Waals surface area contributed by atoms with Crippen LogP contribution >= 0.6 is 0 Å². The number of nitrogens with two attached hydrogens (primary N) is 1. The third-order valence-corrected chi connectivity index (χ3v) is 3.41. The second-order valence-corrected chi connectivity index (χ2v) is 4.95. The number of ether oxygens (including phenoxy) is 2. The van der Waals surface area contributed by atoms with Crippen molar-refractivity contribution >= 4 is 5.69 Å². The Morgan fingerprint density at radius 1 is 1.22 bits per heavy atom. The second kappa shape index (κ2) is 5.96. The van der Waals surface area contributed by atoms with Crippen molar-refractivity contribution in [3.63, 3.8) is 0 Å². The van der Waals surface area contributed by atoms with Crippen LogP contribution in [0.2, 0.25) is 0 Å². The predicted octanol–water partition coefficient (Wildman–Crippen LogP) is 2.27. The van der Waals surface area contributed by atoms with Crippen molar-refractivity contribution in [1.29, 1.82) is 0 Å². The van der Waals surface area contributed by atoms with Gasteiger partial charge in [-0.2, -0.15) is 0 Å². The summed E-state index contributed by atoms with van der Waals surface area (Å²) in [4.78, 5) is 2.18. The Morgan fingerprint density at radius 3 is 2.39 bits per heavy atom. The quantitative estimate of drug-likeness (QED) is 0.843. The highest BCUT2D eigenvalue weighted by Crippen LogP contribution is 2.35. The molecule has 0 fully saturated rings. The fourth-order valence-corrected chi connectivity index (χ4v) is 1.91. The van der Waals surface area contributed by atoms with Gasteiger partial charge >= 0.3 is 0 Å². The van der Waals surface area contributed by atoms with E-state index in [1.165, 1.54) is 0 Å². The lowest BCUT2D eigenvalue weighted by Crippen LogP contribution is -2.43. The highest BCUT2D eigenvalue weighted by molar-refractivity contribution is 5.62. The zero-order chi connectivity index (χ0) is 13.8. The summed E-state index contributed by atoms with van der Waals surface area (Å²) in [7, 11) is 5.39. The molecule has 1 aromatic rings. The van der Waals surface area contributed by atoms with Gasteiger partial charge in [0.15, 0.2) is 0 Å². The zero-order valence-electron chi connectivity index (χ0n) is 12.0. The average molecular weight is 252 g/mol. The molecule has 0 atom stereocenters. The van der Waals surface area contributed by atoms with Crippen molar-refractivity contribution in [1.82, 2.24) is 0 Å². The van der Waals surface area contributed by atoms with Crippen LogP contribution in [0.1, 0.15) is 20.3 Å². The van der Waals surface area contributed by atoms with Crippen molar-refractivity contribution in [3.05, 3.63) is 18.2 Å². The Labute approximate surface area is 110 Å². The zero-order valence-corrected chi connectivity index (χ0v) is 12.0. The Kier molecular flexibility index (Phi) is 4.84. The molecule has 0 aromatic heterocycles. The molecule has 1 rings (SSSR count). The lowest BCUT2D eigenvalue weighted by atomic mass is 9.97. The molecule has 102 valence electrons. The van der Waals surface area contributed by atoms with Crippen molar-refractivity contribution in [3.8, 4) is 11.5 Å². The Morgan fingerprint density at radius 2 is 1.89 bits per heavy atom. The molecule has 0 aliphatic carbocycles. The summed E-state index contributed by atoms with van der Waals surface area (Å²) in [5.41, 5.74) is 6.65. The van der Waals surface area contributed by atoms with Crippen molar-refractivity contribution in [2.45, 2.75) is 25.8 Å². The van der Waals surface area contributed by atoms with E-state index in [0.717, 1.165) is 23.6 Å². The van der Waals surface area contributed by atoms with Crippen LogP contribution in [0.3, 0.4) is 0 Å². The van der Waals surface area contributed by atoms with Gasteiger partial charge in [-0.15, -0.1) is 0 Å². The van der Waals surface area contributed by atoms with E-state index in [-0.39, 0.29) is 5.54 Å². The van der Waals surface area contributed by atoms with Gasteiger partial charge in [-0.25, -0.2) is 0 Å². The first-order valence-corrected chi connectivity index (χ1v) is 6.12. The molecule has 0 radical (unpaired) electrons. The van der Waals surface area contributed by atoms with Gasteiger partial charge in [0.1, 0.15) is 11.5 Å². The average Bonchev–Trinajstić information content (AvgIpc) is 2.37. The van der Waals surface area contributed by atoms with E-state index in [1.807, 2.05) is 25.2 Å². The van der Waals surface area contributed by atoms with E-state index < -0.39 is 0 Å². The van der Waals surface area contributed by atoms with Gasteiger partial charge in [-0.05, 0) is 38.9 Å². The molecule has 0 unspecified atom stereocenters. The van der Waals surface area contributed by atoms with Crippen LogP contribution in [0.15, 0.2) is 18.2 Å². The number of hydrogen-bond acceptors (Lipinski definition) is 4. The molecule has 4 nitrogen and oxygen atoms in total. The van der Waals surface area contributed by atoms with Gasteiger partial charge in [-0.3, -0.25) is 0 Å². The van der Waals surface area contributed by atoms with E-state index in [9.17, 15) is 0 Å². The van der Waals surface area contributed by atoms with E-state index in [4.69, 9.17) is 15.2 Å². The van der Waals surface area contributed by atoms with Gasteiger partial charge < -0.3 is 20.1 Å². The normalized spacial score (nSPS) is 11.2. The minimum absolute atomic E-state index is 0.0333. The van der Waals surface area contributed by atoms with Crippen LogP contribution in [0.5, 0.6) is 11.5 Å². The number of anilines is 1. The molecule has 2 N–H and O–H groups in total. The SMILES string of the molecule is COc1ccc(OC)c(N(C)C(C)(C)CCN)c1. The molecule has 0 bridgehead atoms. The maximum Gasteiger partial charge on any atom is 0.142 e. The molecule has 0 saturated heterocycles. The Balaban J connectivity index is 3.13. The molecule has 0 aliphatic rings. The summed E-state index contributed by atoms with van der Waals surface area (Å²) < 4.78 is 10.7. The van der Waals surface area contributed by atoms with Gasteiger partial charge in [0.2, 0.25) is 0 Å². The van der Waals surface area contributed by atoms with Crippen LogP contribution in [0, 0.1) is 0 Å². The second-order valence-electron chi connectivity index (χ2n) is 4.95. The predicted molar refractivity (Wildman–Crippen MR) is 75.7 cm³/mol. The smallest absolute Gasteiger partial charge is 0.142 e. The van der Waals surface area contributed by atoms with E-state index in [2.05, 4.69) is 18.7 Å². The molecule has 0 spiro atoms. The number of hydrogen-bond donors (Lipinski definition) is 1. The summed E-state index contributed by atoms with van der Waals surface area (Å²) >= 11 is 0. The largest absolute Gasteiger partial charge is 0.497 e. The topological polar surface area (TPSA) is 47.7 Å². The standard InChI is InChI=1S/C14H24N2O2/c1-14(2,8-9-15)16(3)12-10-11(17-4)6-7-13(12)18-5/h6-7,10H,8-9,15H2,1-5H3. The van der Waals surface area contributed by atoms with Crippen LogP contribution < -0.4 is 20.1 Å². The fourth-order valence-electron chi connectivity index (χ4n) is 1.91. The molecule has 18 heavy (non-hydrogen) atoms. The van der Waals surface area contributed by atoms with Gasteiger partial charge in [-0.1, -0.05) is 0 Å². The van der Waals surface area contributed by atoms with Crippen LogP contribution in [-0.4, -0.2) is 33.4 Å². The molecule has 0 amide bonds. The third-order valence-electron chi connectivity index (χ3n) is 3.41. The summed E-state index contributed by atoms with van der Waals surface area (Å²) in [5, 5.41) is 0. The first kappa shape index (κ1) is 14.6. The molecule has 0 aliphatic heterocycles. The minimum Gasteiger partial charge on any atom is -0.497 e. The maximum atomic E-state index is 5.67. The van der Waals surface area contributed by atoms with Gasteiger partial charge in [0.25, 0.3) is 0 Å². The minimum atomic E-state index is -0.0333. The highest BCUT2D eigenvalue weighted by atomic mass is 16.5. The van der Waals surface area contributed by atoms with E-state index >= 15 is 0 Å². The lowest BCUT2D eigenvalue weighted by Gasteiger charge is -2.38. The fraction of sp³-hybridized carbons (Fsp3) is 0.571. The maximum absolute atomic E-state index is 5.67. The van der Waals surface area contributed by atoms with E-state index in [1.54, 1.807) is 14.2 Å². The third kappa shape index (κ3) is 3.07. The first-order valence-electron chi connectivity index (χ1n) is 6.12. The number of rotatable bonds is 6. The Bertz CT molecular complexity index is 391. The molecular weight excluding hydrogens is 228 g/mol. The number of methoxy groups -OCH3 is 2. The monoisotopic (exact) mass is 252 g/mol. The lowest BCUT2D eigenvalue weighted by molar-refractivity contribution is 0.395. The van der Waals surface area contributed by atoms with Crippen molar-refractivity contribution in [2.75, 3.05) is 32.7 Å². The first-order chi connectivity index (χ1) is 8.46. The highest BCUT2D eigenvalue weighted by Gasteiger charge is 2.25. The summed E-state index contributed by atoms with van der Waals surface area (Å²) in [6.07, 6.45) is 0.907. The molecule has 0 heterocycles. The summed E-state index contributed by atoms with van der Waals surface area (Å²) in [6, 6.07) is 5.80. The Hall–Kier alpha value is -1.42. The number of nitrogens with zero attached hydrogens (tertiary/aromatic N) is 1. The van der Waals surface area contributed by atoms with Crippen molar-refractivity contribution in [2.24, 2.45) is 5.73 Å². The van der Waals surface area contributed by atoms with Crippen LogP contribution in [0.25, 0.3) is 0 Å². The molecule has 4 heteroatoms. The van der Waals surface area contributed by atoms with Crippen LogP contribution in [-0.2, 0) is 0 Å². The van der Waals surface area contributed by atoms with Gasteiger partial charge in [0.05, 0.1) is 19.9 Å². The van der Waals surface area contributed by atoms with Crippen molar-refractivity contribution < 1.29 is 9.47 Å². The number of benzene rings is 1. The summed E-state index contributed by atoms with van der Waals surface area (Å²) in [5.74, 6) is 1.66. The molecular formula is C14H24N2O2. The van der Waals surface area contributed by atoms with E-state index in [0.29, 0.717) is 6.54 Å². The van der Waals surface area contributed by atoms with Gasteiger partial charge in [0, 0.05) is 18.7 Å². The summed E-state index contributed by atoms with van der Waals surface area (Å²) in [6.45, 7) is 4.99.